The summed E-state index contributed by atoms with van der Waals surface area (Å²) in [5.74, 6) is 0. The Balaban J connectivity index is 2.08. The highest BCUT2D eigenvalue weighted by Gasteiger charge is 2.41. The van der Waals surface area contributed by atoms with Gasteiger partial charge in [0.2, 0.25) is 0 Å². The summed E-state index contributed by atoms with van der Waals surface area (Å²) in [6, 6.07) is 0.256. The highest BCUT2D eigenvalue weighted by Crippen LogP contribution is 2.23. The van der Waals surface area contributed by atoms with Crippen molar-refractivity contribution >= 4 is 6.09 Å². The van der Waals surface area contributed by atoms with Crippen LogP contribution in [-0.4, -0.2) is 42.8 Å². The molecule has 2 unspecified atom stereocenters. The van der Waals surface area contributed by atoms with E-state index in [1.165, 1.54) is 0 Å². The first-order valence-electron chi connectivity index (χ1n) is 4.62. The first-order chi connectivity index (χ1) is 6.33. The van der Waals surface area contributed by atoms with E-state index < -0.39 is 0 Å². The van der Waals surface area contributed by atoms with E-state index in [-0.39, 0.29) is 18.2 Å². The number of amides is 1. The zero-order valence-electron chi connectivity index (χ0n) is 7.53. The number of fused-ring (bicyclic) bond motifs is 1. The number of hydrogen-bond acceptors (Lipinski definition) is 3. The average molecular weight is 182 g/mol. The lowest BCUT2D eigenvalue weighted by Gasteiger charge is -2.27. The summed E-state index contributed by atoms with van der Waals surface area (Å²) >= 11 is 0. The second kappa shape index (κ2) is 3.38. The molecule has 2 rings (SSSR count). The van der Waals surface area contributed by atoms with Gasteiger partial charge in [0, 0.05) is 13.1 Å². The molecule has 0 spiro atoms. The lowest BCUT2D eigenvalue weighted by molar-refractivity contribution is 0.121. The number of nitrogens with zero attached hydrogens (tertiary/aromatic N) is 1. The van der Waals surface area contributed by atoms with Gasteiger partial charge in [0.1, 0.15) is 6.10 Å². The van der Waals surface area contributed by atoms with Gasteiger partial charge in [-0.2, -0.15) is 0 Å². The topological polar surface area (TPSA) is 41.6 Å². The molecule has 2 aliphatic rings. The van der Waals surface area contributed by atoms with E-state index in [2.05, 4.69) is 11.9 Å². The number of carbonyl (C=O) groups excluding carboxylic acids is 1. The van der Waals surface area contributed by atoms with Gasteiger partial charge in [-0.15, -0.1) is 6.58 Å². The van der Waals surface area contributed by atoms with Crippen molar-refractivity contribution in [3.05, 3.63) is 12.7 Å². The van der Waals surface area contributed by atoms with Crippen molar-refractivity contribution in [1.29, 1.82) is 0 Å². The van der Waals surface area contributed by atoms with Crippen LogP contribution in [0.2, 0.25) is 0 Å². The quantitative estimate of drug-likeness (QED) is 0.627. The Morgan fingerprint density at radius 2 is 2.62 bits per heavy atom. The molecule has 2 atom stereocenters. The summed E-state index contributed by atoms with van der Waals surface area (Å²) in [5, 5.41) is 3.21. The minimum absolute atomic E-state index is 0.0428. The van der Waals surface area contributed by atoms with Gasteiger partial charge in [0.15, 0.2) is 0 Å². The average Bonchev–Trinajstić information content (AvgIpc) is 2.44. The molecule has 2 heterocycles. The molecule has 2 aliphatic heterocycles. The second-order valence-electron chi connectivity index (χ2n) is 3.42. The molecule has 13 heavy (non-hydrogen) atoms. The van der Waals surface area contributed by atoms with Gasteiger partial charge >= 0.3 is 6.09 Å². The molecule has 0 aromatic carbocycles. The number of nitrogens with one attached hydrogen (secondary N) is 1. The summed E-state index contributed by atoms with van der Waals surface area (Å²) in [7, 11) is 0. The first kappa shape index (κ1) is 8.56. The van der Waals surface area contributed by atoms with Gasteiger partial charge in [0.25, 0.3) is 0 Å². The van der Waals surface area contributed by atoms with Crippen molar-refractivity contribution in [3.63, 3.8) is 0 Å². The molecule has 2 saturated heterocycles. The molecule has 0 bridgehead atoms. The van der Waals surface area contributed by atoms with E-state index in [0.717, 1.165) is 19.5 Å². The maximum Gasteiger partial charge on any atom is 0.410 e. The Morgan fingerprint density at radius 3 is 3.38 bits per heavy atom. The zero-order chi connectivity index (χ0) is 9.26. The molecule has 4 heteroatoms. The number of carbonyl (C=O) groups is 1. The molecule has 0 saturated carbocycles. The van der Waals surface area contributed by atoms with E-state index in [4.69, 9.17) is 4.74 Å². The molecule has 0 aliphatic carbocycles. The van der Waals surface area contributed by atoms with Crippen LogP contribution in [-0.2, 0) is 4.74 Å². The van der Waals surface area contributed by atoms with Crippen LogP contribution in [0.15, 0.2) is 12.7 Å². The van der Waals surface area contributed by atoms with Crippen LogP contribution in [0.3, 0.4) is 0 Å². The molecular weight excluding hydrogens is 168 g/mol. The molecule has 0 radical (unpaired) electrons. The van der Waals surface area contributed by atoms with E-state index >= 15 is 0 Å². The van der Waals surface area contributed by atoms with Crippen LogP contribution in [0, 0.1) is 0 Å². The van der Waals surface area contributed by atoms with Crippen molar-refractivity contribution in [2.24, 2.45) is 0 Å². The summed E-state index contributed by atoms with van der Waals surface area (Å²) in [5.41, 5.74) is 0. The zero-order valence-corrected chi connectivity index (χ0v) is 7.53. The smallest absolute Gasteiger partial charge is 0.410 e. The Bertz CT molecular complexity index is 230. The largest absolute Gasteiger partial charge is 0.443 e. The maximum atomic E-state index is 11.4. The van der Waals surface area contributed by atoms with Crippen molar-refractivity contribution in [2.45, 2.75) is 18.6 Å². The van der Waals surface area contributed by atoms with Gasteiger partial charge < -0.3 is 10.1 Å². The standard InChI is InChI=1S/C9H14N2O2/c1-2-5-11-7-3-4-10-6-8(7)13-9(11)12/h2,7-8,10H,1,3-6H2. The van der Waals surface area contributed by atoms with E-state index in [1.54, 1.807) is 11.0 Å². The molecule has 0 aromatic rings. The third-order valence-corrected chi connectivity index (χ3v) is 2.60. The van der Waals surface area contributed by atoms with Crippen LogP contribution in [0.4, 0.5) is 4.79 Å². The summed E-state index contributed by atoms with van der Waals surface area (Å²) in [6.07, 6.45) is 2.57. The fraction of sp³-hybridized carbons (Fsp3) is 0.667. The normalized spacial score (nSPS) is 32.6. The Morgan fingerprint density at radius 1 is 1.77 bits per heavy atom. The van der Waals surface area contributed by atoms with Crippen LogP contribution >= 0.6 is 0 Å². The van der Waals surface area contributed by atoms with E-state index in [1.807, 2.05) is 0 Å². The summed E-state index contributed by atoms with van der Waals surface area (Å²) < 4.78 is 5.21. The van der Waals surface area contributed by atoms with Crippen LogP contribution < -0.4 is 5.32 Å². The Kier molecular flexibility index (Phi) is 2.22. The SMILES string of the molecule is C=CCN1C(=O)OC2CNCCC21. The predicted molar refractivity (Wildman–Crippen MR) is 48.4 cm³/mol. The molecule has 0 aromatic heterocycles. The molecule has 2 fully saturated rings. The molecule has 1 N–H and O–H groups in total. The van der Waals surface area contributed by atoms with E-state index in [0.29, 0.717) is 6.54 Å². The van der Waals surface area contributed by atoms with Crippen molar-refractivity contribution in [1.82, 2.24) is 10.2 Å². The van der Waals surface area contributed by atoms with Gasteiger partial charge in [-0.3, -0.25) is 4.90 Å². The van der Waals surface area contributed by atoms with E-state index in [9.17, 15) is 4.79 Å². The monoisotopic (exact) mass is 182 g/mol. The van der Waals surface area contributed by atoms with Crippen LogP contribution in [0.1, 0.15) is 6.42 Å². The second-order valence-corrected chi connectivity index (χ2v) is 3.42. The lowest BCUT2D eigenvalue weighted by Crippen LogP contribution is -2.47. The van der Waals surface area contributed by atoms with Crippen molar-refractivity contribution < 1.29 is 9.53 Å². The van der Waals surface area contributed by atoms with Gasteiger partial charge in [-0.1, -0.05) is 6.08 Å². The number of piperidine rings is 1. The maximum absolute atomic E-state index is 11.4. The minimum Gasteiger partial charge on any atom is -0.443 e. The summed E-state index contributed by atoms with van der Waals surface area (Å²) in [6.45, 7) is 5.97. The molecular formula is C9H14N2O2. The van der Waals surface area contributed by atoms with Crippen molar-refractivity contribution in [3.8, 4) is 0 Å². The fourth-order valence-electron chi connectivity index (χ4n) is 1.97. The minimum atomic E-state index is -0.196. The molecule has 1 amide bonds. The Hall–Kier alpha value is -1.03. The third kappa shape index (κ3) is 1.42. The number of ether oxygens (including phenoxy) is 1. The van der Waals surface area contributed by atoms with Crippen LogP contribution in [0.5, 0.6) is 0 Å². The fourth-order valence-corrected chi connectivity index (χ4v) is 1.97. The van der Waals surface area contributed by atoms with Gasteiger partial charge in [-0.05, 0) is 13.0 Å². The summed E-state index contributed by atoms with van der Waals surface area (Å²) in [4.78, 5) is 13.1. The molecule has 72 valence electrons. The third-order valence-electron chi connectivity index (χ3n) is 2.60. The van der Waals surface area contributed by atoms with Gasteiger partial charge in [-0.25, -0.2) is 4.79 Å². The highest BCUT2D eigenvalue weighted by molar-refractivity contribution is 5.71. The number of hydrogen-bond donors (Lipinski definition) is 1. The Labute approximate surface area is 77.5 Å². The van der Waals surface area contributed by atoms with Crippen LogP contribution in [0.25, 0.3) is 0 Å². The molecule has 4 nitrogen and oxygen atoms in total. The lowest BCUT2D eigenvalue weighted by atomic mass is 10.0. The van der Waals surface area contributed by atoms with Gasteiger partial charge in [0.05, 0.1) is 6.04 Å². The predicted octanol–water partition coefficient (Wildman–Crippen LogP) is 0.355. The number of rotatable bonds is 2. The highest BCUT2D eigenvalue weighted by atomic mass is 16.6. The first-order valence-corrected chi connectivity index (χ1v) is 4.62. The van der Waals surface area contributed by atoms with Crippen molar-refractivity contribution in [2.75, 3.05) is 19.6 Å².